The Hall–Kier alpha value is -2.31. The fourth-order valence-corrected chi connectivity index (χ4v) is 8.83. The van der Waals surface area contributed by atoms with Crippen LogP contribution in [0.1, 0.15) is 194 Å². The van der Waals surface area contributed by atoms with Crippen molar-refractivity contribution in [2.24, 2.45) is 0 Å². The van der Waals surface area contributed by atoms with Crippen molar-refractivity contribution in [2.75, 3.05) is 19.8 Å². The predicted molar refractivity (Wildman–Crippen MR) is 277 cm³/mol. The van der Waals surface area contributed by atoms with E-state index in [1.807, 2.05) is 12.2 Å². The highest BCUT2D eigenvalue weighted by molar-refractivity contribution is 5.77. The number of nitrogens with one attached hydrogen (secondary N) is 1. The van der Waals surface area contributed by atoms with E-state index in [1.54, 1.807) is 6.08 Å². The van der Waals surface area contributed by atoms with Gasteiger partial charge in [0.1, 0.15) is 48.8 Å². The van der Waals surface area contributed by atoms with E-state index < -0.39 is 86.8 Å². The van der Waals surface area contributed by atoms with Crippen LogP contribution in [0.25, 0.3) is 0 Å². The molecule has 2 fully saturated rings. The van der Waals surface area contributed by atoms with Crippen LogP contribution in [-0.4, -0.2) is 140 Å². The average Bonchev–Trinajstić information content (AvgIpc) is 3.36. The maximum atomic E-state index is 13.2. The summed E-state index contributed by atoms with van der Waals surface area (Å²) >= 11 is 0. The number of aliphatic hydroxyl groups excluding tert-OH is 8. The quantitative estimate of drug-likeness (QED) is 0.0208. The third kappa shape index (κ3) is 28.2. The van der Waals surface area contributed by atoms with E-state index in [0.717, 1.165) is 51.4 Å². The molecule has 0 aromatic heterocycles. The highest BCUT2D eigenvalue weighted by atomic mass is 16.7. The SMILES string of the molecule is CC/C=C\C/C=C\C/C=C\C/C=C\C/C=C\CC(=O)NC(COC1OC(CO)C(OC2OC(CO)C(O)C(O)C2O)C(O)C1O)C(O)CCCCCCCCCCCCCCCCCCCCCCC. The van der Waals surface area contributed by atoms with Gasteiger partial charge in [0.2, 0.25) is 5.91 Å². The Kier molecular flexibility index (Phi) is 38.4. The molecule has 2 rings (SSSR count). The van der Waals surface area contributed by atoms with Crippen molar-refractivity contribution in [3.8, 4) is 0 Å². The molecule has 14 nitrogen and oxygen atoms in total. The summed E-state index contributed by atoms with van der Waals surface area (Å²) in [6, 6.07) is -0.885. The number of amides is 1. The van der Waals surface area contributed by atoms with Gasteiger partial charge in [-0.2, -0.15) is 0 Å². The van der Waals surface area contributed by atoms with Crippen LogP contribution in [0.2, 0.25) is 0 Å². The molecule has 2 aliphatic heterocycles. The largest absolute Gasteiger partial charge is 0.394 e. The summed E-state index contributed by atoms with van der Waals surface area (Å²) in [6.45, 7) is 2.68. The van der Waals surface area contributed by atoms with Gasteiger partial charge >= 0.3 is 0 Å². The number of unbranched alkanes of at least 4 members (excludes halogenated alkanes) is 20. The second kappa shape index (κ2) is 42.1. The van der Waals surface area contributed by atoms with Crippen LogP contribution < -0.4 is 5.32 Å². The van der Waals surface area contributed by atoms with Crippen molar-refractivity contribution in [3.05, 3.63) is 60.8 Å². The number of carbonyl (C=O) groups is 1. The van der Waals surface area contributed by atoms with Crippen LogP contribution in [0.15, 0.2) is 60.8 Å². The molecule has 0 aromatic carbocycles. The van der Waals surface area contributed by atoms with Gasteiger partial charge in [0, 0.05) is 6.42 Å². The lowest BCUT2D eigenvalue weighted by molar-refractivity contribution is -0.359. The molecule has 14 heteroatoms. The number of allylic oxidation sites excluding steroid dienone is 9. The van der Waals surface area contributed by atoms with Gasteiger partial charge in [-0.1, -0.05) is 209 Å². The monoisotopic (exact) mass is 994 g/mol. The predicted octanol–water partition coefficient (Wildman–Crippen LogP) is 8.22. The molecule has 2 heterocycles. The molecule has 0 spiro atoms. The molecular formula is C56H99NO13. The first kappa shape index (κ1) is 63.8. The summed E-state index contributed by atoms with van der Waals surface area (Å²) in [5.41, 5.74) is 0. The Balaban J connectivity index is 1.82. The third-order valence-electron chi connectivity index (χ3n) is 13.3. The van der Waals surface area contributed by atoms with E-state index in [9.17, 15) is 45.6 Å². The molecular weight excluding hydrogens is 895 g/mol. The Labute approximate surface area is 422 Å². The molecule has 70 heavy (non-hydrogen) atoms. The van der Waals surface area contributed by atoms with Gasteiger partial charge in [-0.3, -0.25) is 4.79 Å². The van der Waals surface area contributed by atoms with Crippen LogP contribution in [0.3, 0.4) is 0 Å². The number of carbonyl (C=O) groups excluding carboxylic acids is 1. The zero-order valence-electron chi connectivity index (χ0n) is 43.2. The Morgan fingerprint density at radius 2 is 0.929 bits per heavy atom. The molecule has 12 atom stereocenters. The first-order chi connectivity index (χ1) is 34.1. The van der Waals surface area contributed by atoms with Gasteiger partial charge in [-0.05, 0) is 38.5 Å². The van der Waals surface area contributed by atoms with Gasteiger partial charge in [0.25, 0.3) is 0 Å². The minimum absolute atomic E-state index is 0.0704. The van der Waals surface area contributed by atoms with Crippen molar-refractivity contribution >= 4 is 5.91 Å². The van der Waals surface area contributed by atoms with Gasteiger partial charge in [-0.25, -0.2) is 0 Å². The second-order valence-corrected chi connectivity index (χ2v) is 19.4. The summed E-state index contributed by atoms with van der Waals surface area (Å²) in [7, 11) is 0. The lowest BCUT2D eigenvalue weighted by Crippen LogP contribution is -2.65. The van der Waals surface area contributed by atoms with Crippen LogP contribution in [0.5, 0.6) is 0 Å². The van der Waals surface area contributed by atoms with E-state index in [4.69, 9.17) is 18.9 Å². The highest BCUT2D eigenvalue weighted by Crippen LogP contribution is 2.30. The Bertz CT molecular complexity index is 1410. The van der Waals surface area contributed by atoms with Crippen LogP contribution in [-0.2, 0) is 23.7 Å². The summed E-state index contributed by atoms with van der Waals surface area (Å²) in [5.74, 6) is -0.334. The minimum atomic E-state index is -1.79. The molecule has 0 aromatic rings. The molecule has 2 saturated heterocycles. The molecule has 0 saturated carbocycles. The zero-order valence-corrected chi connectivity index (χ0v) is 43.2. The minimum Gasteiger partial charge on any atom is -0.394 e. The fourth-order valence-electron chi connectivity index (χ4n) is 8.83. The second-order valence-electron chi connectivity index (χ2n) is 19.4. The van der Waals surface area contributed by atoms with Gasteiger partial charge in [0.05, 0.1) is 32.0 Å². The molecule has 0 bridgehead atoms. The van der Waals surface area contributed by atoms with Crippen LogP contribution >= 0.6 is 0 Å². The molecule has 0 aliphatic carbocycles. The lowest BCUT2D eigenvalue weighted by Gasteiger charge is -2.46. The zero-order chi connectivity index (χ0) is 51.0. The molecule has 0 radical (unpaired) electrons. The number of hydrogen-bond acceptors (Lipinski definition) is 13. The number of rotatable bonds is 42. The average molecular weight is 994 g/mol. The lowest BCUT2D eigenvalue weighted by atomic mass is 9.97. The van der Waals surface area contributed by atoms with E-state index in [1.165, 1.54) is 109 Å². The fraction of sp³-hybridized carbons (Fsp3) is 0.804. The van der Waals surface area contributed by atoms with Crippen molar-refractivity contribution in [1.82, 2.24) is 5.32 Å². The van der Waals surface area contributed by atoms with Gasteiger partial charge in [-0.15, -0.1) is 0 Å². The maximum absolute atomic E-state index is 13.2. The standard InChI is InChI=1S/C56H99NO13/c1-3-5-7-9-11-13-15-17-19-20-21-22-23-24-26-27-29-31-33-35-37-39-45(60)44(57-48(61)40-38-36-34-32-30-28-25-18-16-14-12-10-8-6-4-2)43-67-55-53(66)51(64)54(47(42-59)69-55)70-56-52(65)50(63)49(62)46(41-58)68-56/h6,8,12,14,18,25,30,32,36,38,44-47,49-56,58-60,62-66H,3-5,7,9-11,13,15-17,19-24,26-29,31,33-35,37,39-43H2,1-2H3,(H,57,61)/b8-6-,14-12-,25-18-,32-30-,38-36-. The topological polar surface area (TPSA) is 228 Å². The van der Waals surface area contributed by atoms with Crippen molar-refractivity contribution in [3.63, 3.8) is 0 Å². The molecule has 9 N–H and O–H groups in total. The molecule has 406 valence electrons. The Morgan fingerprint density at radius 1 is 0.514 bits per heavy atom. The summed E-state index contributed by atoms with van der Waals surface area (Å²) < 4.78 is 22.7. The normalized spacial score (nSPS) is 26.4. The Morgan fingerprint density at radius 3 is 1.39 bits per heavy atom. The maximum Gasteiger partial charge on any atom is 0.224 e. The summed E-state index contributed by atoms with van der Waals surface area (Å²) in [6.07, 6.45) is 35.4. The van der Waals surface area contributed by atoms with Crippen molar-refractivity contribution in [1.29, 1.82) is 0 Å². The third-order valence-corrected chi connectivity index (χ3v) is 13.3. The van der Waals surface area contributed by atoms with E-state index in [2.05, 4.69) is 61.7 Å². The smallest absolute Gasteiger partial charge is 0.224 e. The summed E-state index contributed by atoms with van der Waals surface area (Å²) in [4.78, 5) is 13.2. The van der Waals surface area contributed by atoms with Crippen molar-refractivity contribution in [2.45, 2.75) is 267 Å². The van der Waals surface area contributed by atoms with Crippen LogP contribution in [0.4, 0.5) is 0 Å². The van der Waals surface area contributed by atoms with Crippen molar-refractivity contribution < 1.29 is 64.6 Å². The van der Waals surface area contributed by atoms with Gasteiger partial charge < -0.3 is 65.1 Å². The first-order valence-electron chi connectivity index (χ1n) is 27.5. The van der Waals surface area contributed by atoms with Crippen LogP contribution in [0, 0.1) is 0 Å². The highest BCUT2D eigenvalue weighted by Gasteiger charge is 2.51. The van der Waals surface area contributed by atoms with Gasteiger partial charge in [0.15, 0.2) is 12.6 Å². The molecule has 12 unspecified atom stereocenters. The van der Waals surface area contributed by atoms with E-state index >= 15 is 0 Å². The molecule has 1 amide bonds. The first-order valence-corrected chi connectivity index (χ1v) is 27.5. The molecule has 2 aliphatic rings. The number of hydrogen-bond donors (Lipinski definition) is 9. The summed E-state index contributed by atoms with van der Waals surface area (Å²) in [5, 5.41) is 87.0. The van der Waals surface area contributed by atoms with E-state index in [-0.39, 0.29) is 18.9 Å². The van der Waals surface area contributed by atoms with E-state index in [0.29, 0.717) is 12.8 Å². The number of ether oxygens (including phenoxy) is 4. The number of aliphatic hydroxyl groups is 8.